The summed E-state index contributed by atoms with van der Waals surface area (Å²) in [6.45, 7) is 5.96. The van der Waals surface area contributed by atoms with Crippen molar-refractivity contribution in [1.82, 2.24) is 0 Å². The summed E-state index contributed by atoms with van der Waals surface area (Å²) in [5.41, 5.74) is 3.74. The summed E-state index contributed by atoms with van der Waals surface area (Å²) in [4.78, 5) is 11.9. The molecule has 0 bridgehead atoms. The number of carbonyl (C=O) groups excluding carboxylic acids is 1. The lowest BCUT2D eigenvalue weighted by atomic mass is 9.86. The maximum absolute atomic E-state index is 11.9. The highest BCUT2D eigenvalue weighted by molar-refractivity contribution is 9.10. The molecular weight excluding hydrogens is 328 g/mol. The van der Waals surface area contributed by atoms with Gasteiger partial charge in [-0.3, -0.25) is 0 Å². The fourth-order valence-electron chi connectivity index (χ4n) is 2.63. The minimum absolute atomic E-state index is 0.131. The smallest absolute Gasteiger partial charge is 0.334 e. The molecule has 2 aromatic carbocycles. The Bertz CT molecular complexity index is 686. The lowest BCUT2D eigenvalue weighted by molar-refractivity contribution is -0.139. The first kappa shape index (κ1) is 14.1. The fourth-order valence-corrected chi connectivity index (χ4v) is 2.90. The zero-order chi connectivity index (χ0) is 15.0. The first-order chi connectivity index (χ1) is 10.1. The molecule has 1 aliphatic heterocycles. The molecule has 0 N–H and O–H groups in total. The van der Waals surface area contributed by atoms with Gasteiger partial charge in [-0.25, -0.2) is 4.79 Å². The molecule has 0 radical (unpaired) electrons. The van der Waals surface area contributed by atoms with E-state index in [1.54, 1.807) is 0 Å². The standard InChI is InChI=1S/C18H15BrO2/c1-11-3-5-14(6-4-11)17-16(12(2)18(20)21-17)13-7-9-15(19)10-8-13/h3-10,16-17H,2H2,1H3/t16-,17+/m0/s1. The van der Waals surface area contributed by atoms with Crippen LogP contribution < -0.4 is 0 Å². The van der Waals surface area contributed by atoms with E-state index in [9.17, 15) is 4.79 Å². The second-order valence-corrected chi connectivity index (χ2v) is 6.21. The van der Waals surface area contributed by atoms with Crippen LogP contribution in [-0.4, -0.2) is 5.97 Å². The summed E-state index contributed by atoms with van der Waals surface area (Å²) in [5.74, 6) is -0.443. The Labute approximate surface area is 132 Å². The number of rotatable bonds is 2. The highest BCUT2D eigenvalue weighted by Gasteiger charge is 2.40. The molecule has 0 aromatic heterocycles. The zero-order valence-corrected chi connectivity index (χ0v) is 13.3. The summed E-state index contributed by atoms with van der Waals surface area (Å²) in [5, 5.41) is 0. The summed E-state index contributed by atoms with van der Waals surface area (Å²) < 4.78 is 6.55. The van der Waals surface area contributed by atoms with Gasteiger partial charge in [0, 0.05) is 10.0 Å². The van der Waals surface area contributed by atoms with Crippen LogP contribution >= 0.6 is 15.9 Å². The lowest BCUT2D eigenvalue weighted by Gasteiger charge is -2.18. The molecule has 0 unspecified atom stereocenters. The molecule has 1 aliphatic rings. The molecule has 2 atom stereocenters. The highest BCUT2D eigenvalue weighted by Crippen LogP contribution is 2.45. The van der Waals surface area contributed by atoms with Gasteiger partial charge in [0.2, 0.25) is 0 Å². The van der Waals surface area contributed by atoms with Gasteiger partial charge in [0.1, 0.15) is 6.10 Å². The van der Waals surface area contributed by atoms with Crippen molar-refractivity contribution < 1.29 is 9.53 Å². The second kappa shape index (κ2) is 5.49. The molecule has 21 heavy (non-hydrogen) atoms. The van der Waals surface area contributed by atoms with E-state index in [2.05, 4.69) is 22.5 Å². The van der Waals surface area contributed by atoms with E-state index in [0.717, 1.165) is 15.6 Å². The Kier molecular flexibility index (Phi) is 3.68. The summed E-state index contributed by atoms with van der Waals surface area (Å²) in [6.07, 6.45) is -0.299. The average Bonchev–Trinajstić information content (AvgIpc) is 2.77. The molecule has 106 valence electrons. The van der Waals surface area contributed by atoms with Crippen molar-refractivity contribution >= 4 is 21.9 Å². The monoisotopic (exact) mass is 342 g/mol. The molecule has 3 heteroatoms. The average molecular weight is 343 g/mol. The number of carbonyl (C=O) groups is 1. The van der Waals surface area contributed by atoms with Gasteiger partial charge in [-0.2, -0.15) is 0 Å². The topological polar surface area (TPSA) is 26.3 Å². The zero-order valence-electron chi connectivity index (χ0n) is 11.7. The van der Waals surface area contributed by atoms with Gasteiger partial charge in [-0.1, -0.05) is 64.5 Å². The maximum atomic E-state index is 11.9. The van der Waals surface area contributed by atoms with Crippen molar-refractivity contribution in [2.75, 3.05) is 0 Å². The van der Waals surface area contributed by atoms with Crippen molar-refractivity contribution in [3.05, 3.63) is 81.8 Å². The molecule has 0 spiro atoms. The molecular formula is C18H15BrO2. The number of hydrogen-bond donors (Lipinski definition) is 0. The van der Waals surface area contributed by atoms with Crippen LogP contribution in [0.15, 0.2) is 65.2 Å². The first-order valence-corrected chi connectivity index (χ1v) is 7.57. The molecule has 3 rings (SSSR count). The van der Waals surface area contributed by atoms with E-state index in [4.69, 9.17) is 4.74 Å². The highest BCUT2D eigenvalue weighted by atomic mass is 79.9. The number of aryl methyl sites for hydroxylation is 1. The summed E-state index contributed by atoms with van der Waals surface area (Å²) >= 11 is 3.43. The molecule has 1 fully saturated rings. The van der Waals surface area contributed by atoms with Gasteiger partial charge in [0.15, 0.2) is 0 Å². The van der Waals surface area contributed by atoms with E-state index in [-0.39, 0.29) is 18.0 Å². The minimum atomic E-state index is -0.312. The van der Waals surface area contributed by atoms with Gasteiger partial charge in [0.05, 0.1) is 5.92 Å². The number of cyclic esters (lactones) is 1. The van der Waals surface area contributed by atoms with E-state index in [1.807, 2.05) is 55.5 Å². The Hall–Kier alpha value is -1.87. The van der Waals surface area contributed by atoms with Crippen LogP contribution in [0.25, 0.3) is 0 Å². The molecule has 2 aromatic rings. The van der Waals surface area contributed by atoms with Crippen LogP contribution in [0.1, 0.15) is 28.7 Å². The third-order valence-electron chi connectivity index (χ3n) is 3.81. The van der Waals surface area contributed by atoms with Crippen LogP contribution in [0, 0.1) is 6.92 Å². The van der Waals surface area contributed by atoms with Gasteiger partial charge < -0.3 is 4.74 Å². The Morgan fingerprint density at radius 1 is 1.00 bits per heavy atom. The van der Waals surface area contributed by atoms with E-state index in [0.29, 0.717) is 5.57 Å². The molecule has 0 saturated carbocycles. The van der Waals surface area contributed by atoms with Crippen molar-refractivity contribution in [3.63, 3.8) is 0 Å². The number of esters is 1. The van der Waals surface area contributed by atoms with Crippen molar-refractivity contribution in [2.45, 2.75) is 18.9 Å². The van der Waals surface area contributed by atoms with Crippen LogP contribution in [-0.2, 0) is 9.53 Å². The van der Waals surface area contributed by atoms with Crippen LogP contribution in [0.5, 0.6) is 0 Å². The van der Waals surface area contributed by atoms with Gasteiger partial charge in [0.25, 0.3) is 0 Å². The third-order valence-corrected chi connectivity index (χ3v) is 4.34. The predicted octanol–water partition coefficient (Wildman–Crippen LogP) is 4.70. The Balaban J connectivity index is 2.02. The van der Waals surface area contributed by atoms with E-state index in [1.165, 1.54) is 5.56 Å². The van der Waals surface area contributed by atoms with Crippen molar-refractivity contribution in [3.8, 4) is 0 Å². The van der Waals surface area contributed by atoms with Crippen LogP contribution in [0.4, 0.5) is 0 Å². The fraction of sp³-hybridized carbons (Fsp3) is 0.167. The molecule has 1 saturated heterocycles. The van der Waals surface area contributed by atoms with Gasteiger partial charge in [-0.15, -0.1) is 0 Å². The predicted molar refractivity (Wildman–Crippen MR) is 86.0 cm³/mol. The number of hydrogen-bond acceptors (Lipinski definition) is 2. The summed E-state index contributed by atoms with van der Waals surface area (Å²) in [7, 11) is 0. The van der Waals surface area contributed by atoms with E-state index >= 15 is 0 Å². The van der Waals surface area contributed by atoms with E-state index < -0.39 is 0 Å². The van der Waals surface area contributed by atoms with Crippen molar-refractivity contribution in [1.29, 1.82) is 0 Å². The lowest BCUT2D eigenvalue weighted by Crippen LogP contribution is -2.07. The molecule has 0 amide bonds. The Morgan fingerprint density at radius 2 is 1.57 bits per heavy atom. The minimum Gasteiger partial charge on any atom is -0.453 e. The summed E-state index contributed by atoms with van der Waals surface area (Å²) in [6, 6.07) is 16.0. The largest absolute Gasteiger partial charge is 0.453 e. The van der Waals surface area contributed by atoms with Crippen molar-refractivity contribution in [2.24, 2.45) is 0 Å². The van der Waals surface area contributed by atoms with Crippen LogP contribution in [0.2, 0.25) is 0 Å². The normalized spacial score (nSPS) is 21.4. The quantitative estimate of drug-likeness (QED) is 0.584. The maximum Gasteiger partial charge on any atom is 0.334 e. The number of ether oxygens (including phenoxy) is 1. The SMILES string of the molecule is C=C1C(=O)O[C@H](c2ccc(C)cc2)[C@@H]1c1ccc(Br)cc1. The third kappa shape index (κ3) is 2.66. The van der Waals surface area contributed by atoms with Crippen LogP contribution in [0.3, 0.4) is 0 Å². The molecule has 0 aliphatic carbocycles. The number of halogens is 1. The molecule has 2 nitrogen and oxygen atoms in total. The molecule has 1 heterocycles. The first-order valence-electron chi connectivity index (χ1n) is 6.78. The second-order valence-electron chi connectivity index (χ2n) is 5.29. The van der Waals surface area contributed by atoms with Gasteiger partial charge in [-0.05, 0) is 30.2 Å². The Morgan fingerprint density at radius 3 is 2.19 bits per heavy atom. The van der Waals surface area contributed by atoms with Gasteiger partial charge >= 0.3 is 5.97 Å². The number of benzene rings is 2.